The Kier molecular flexibility index (Phi) is 5.74. The zero-order valence-corrected chi connectivity index (χ0v) is 16.6. The minimum absolute atomic E-state index is 0.114. The highest BCUT2D eigenvalue weighted by Crippen LogP contribution is 2.34. The molecule has 0 spiro atoms. The second-order valence-corrected chi connectivity index (χ2v) is 9.49. The summed E-state index contributed by atoms with van der Waals surface area (Å²) in [6, 6.07) is 2.51. The molecule has 1 aromatic rings. The van der Waals surface area contributed by atoms with E-state index in [1.165, 1.54) is 6.07 Å². The Bertz CT molecular complexity index is 814. The molecule has 2 saturated heterocycles. The first kappa shape index (κ1) is 19.4. The molecule has 0 bridgehead atoms. The van der Waals surface area contributed by atoms with Gasteiger partial charge in [-0.2, -0.15) is 8.42 Å². The number of amides is 1. The van der Waals surface area contributed by atoms with Crippen LogP contribution >= 0.6 is 21.5 Å². The van der Waals surface area contributed by atoms with Gasteiger partial charge in [-0.3, -0.25) is 7.86 Å². The molecule has 1 atom stereocenters. The summed E-state index contributed by atoms with van der Waals surface area (Å²) < 4.78 is 53.3. The van der Waals surface area contributed by atoms with E-state index in [1.54, 1.807) is 4.72 Å². The summed E-state index contributed by atoms with van der Waals surface area (Å²) in [7, 11) is -4.20. The smallest absolute Gasteiger partial charge is 0.326 e. The summed E-state index contributed by atoms with van der Waals surface area (Å²) in [6.45, 7) is 1.16. The summed E-state index contributed by atoms with van der Waals surface area (Å²) >= 11 is -1.19. The maximum Gasteiger partial charge on any atom is 0.326 e. The molecule has 0 aromatic heterocycles. The van der Waals surface area contributed by atoms with Crippen LogP contribution in [0.3, 0.4) is 0 Å². The predicted molar refractivity (Wildman–Crippen MR) is 98.6 cm³/mol. The van der Waals surface area contributed by atoms with Gasteiger partial charge in [-0.25, -0.2) is 16.5 Å². The normalized spacial score (nSPS) is 23.2. The number of nitrogens with one attached hydrogen (secondary N) is 2. The fourth-order valence-electron chi connectivity index (χ4n) is 3.06. The lowest BCUT2D eigenvalue weighted by atomic mass is 10.1. The molecular weight excluding hydrogens is 482 g/mol. The van der Waals surface area contributed by atoms with Crippen LogP contribution < -0.4 is 14.3 Å². The van der Waals surface area contributed by atoms with Crippen molar-refractivity contribution in [2.75, 3.05) is 23.9 Å². The zero-order valence-electron chi connectivity index (χ0n) is 13.6. The fourth-order valence-corrected chi connectivity index (χ4v) is 5.40. The van der Waals surface area contributed by atoms with E-state index in [4.69, 9.17) is 0 Å². The zero-order chi connectivity index (χ0) is 18.9. The molecule has 3 N–H and O–H groups in total. The van der Waals surface area contributed by atoms with Gasteiger partial charge in [0.15, 0.2) is 5.82 Å². The van der Waals surface area contributed by atoms with Crippen LogP contribution in [-0.2, 0) is 24.6 Å². The van der Waals surface area contributed by atoms with Gasteiger partial charge in [-0.15, -0.1) is 0 Å². The van der Waals surface area contributed by atoms with Crippen molar-refractivity contribution in [2.24, 2.45) is 0 Å². The molecule has 2 fully saturated rings. The van der Waals surface area contributed by atoms with Gasteiger partial charge in [0.1, 0.15) is 18.0 Å². The largest absolute Gasteiger partial charge is 0.506 e. The summed E-state index contributed by atoms with van der Waals surface area (Å²) in [5.41, 5.74) is -0.111. The molecule has 1 amide bonds. The van der Waals surface area contributed by atoms with Crippen molar-refractivity contribution in [1.29, 1.82) is 0 Å². The number of nitrogens with zero attached hydrogens (tertiary/aromatic N) is 2. The molecule has 0 unspecified atom stereocenters. The van der Waals surface area contributed by atoms with Crippen LogP contribution in [-0.4, -0.2) is 48.2 Å². The molecule has 9 nitrogen and oxygen atoms in total. The number of phenols is 1. The molecule has 26 heavy (non-hydrogen) atoms. The van der Waals surface area contributed by atoms with Crippen molar-refractivity contribution in [2.45, 2.75) is 25.4 Å². The quantitative estimate of drug-likeness (QED) is 0.398. The van der Waals surface area contributed by atoms with Crippen molar-refractivity contribution < 1.29 is 25.8 Å². The highest BCUT2D eigenvalue weighted by Gasteiger charge is 2.37. The number of hydrogen-bond donors (Lipinski definition) is 3. The molecule has 0 radical (unpaired) electrons. The third-order valence-electron chi connectivity index (χ3n) is 4.24. The first-order valence-corrected chi connectivity index (χ1v) is 11.2. The monoisotopic (exact) mass is 500 g/mol. The number of carbonyl (C=O) groups is 1. The molecule has 0 saturated carbocycles. The van der Waals surface area contributed by atoms with Crippen LogP contribution in [0.15, 0.2) is 12.1 Å². The van der Waals surface area contributed by atoms with Crippen molar-refractivity contribution in [1.82, 2.24) is 13.2 Å². The Morgan fingerprint density at radius 2 is 2.19 bits per heavy atom. The molecule has 2 aliphatic heterocycles. The second kappa shape index (κ2) is 7.70. The van der Waals surface area contributed by atoms with Crippen molar-refractivity contribution in [3.05, 3.63) is 23.5 Å². The van der Waals surface area contributed by atoms with Gasteiger partial charge in [-0.05, 0) is 30.5 Å². The van der Waals surface area contributed by atoms with Crippen LogP contribution in [0, 0.1) is 5.82 Å². The topological polar surface area (TPSA) is 119 Å². The average molecular weight is 500 g/mol. The summed E-state index contributed by atoms with van der Waals surface area (Å²) in [6.07, 6.45) is 1.83. The lowest BCUT2D eigenvalue weighted by molar-refractivity contribution is -0.117. The molecule has 2 heterocycles. The number of anilines is 1. The molecular formula is C14H18FIN4O5S. The van der Waals surface area contributed by atoms with Gasteiger partial charge in [0.05, 0.1) is 0 Å². The number of carbonyl (C=O) groups excluding carboxylic acids is 1. The number of benzene rings is 1. The summed E-state index contributed by atoms with van der Waals surface area (Å²) in [4.78, 5) is 11.3. The van der Waals surface area contributed by atoms with Crippen LogP contribution in [0.2, 0.25) is 0 Å². The minimum atomic E-state index is -4.20. The number of rotatable bonds is 5. The van der Waals surface area contributed by atoms with E-state index < -0.39 is 61.4 Å². The number of halogens is 2. The van der Waals surface area contributed by atoms with Gasteiger partial charge in [-0.1, -0.05) is 0 Å². The average Bonchev–Trinajstić information content (AvgIpc) is 2.85. The Balaban J connectivity index is 1.73. The van der Waals surface area contributed by atoms with E-state index in [9.17, 15) is 25.8 Å². The fraction of sp³-hybridized carbons (Fsp3) is 0.500. The third kappa shape index (κ3) is 4.13. The van der Waals surface area contributed by atoms with Gasteiger partial charge in [0, 0.05) is 25.7 Å². The Hall–Kier alpha value is -1.38. The van der Waals surface area contributed by atoms with E-state index in [1.807, 2.05) is 3.11 Å². The standard InChI is InChI=1S/C14H18FIN4O5S/c15-11-4-9(6-17-10-2-1-3-19(7-10)16-23)5-12(21)14(11)20-8-13(22)18-26(20,24)25/h4-5,10,17,21H,1-3,6-8H2,(H,18,22)/t10-/m1/s1. The molecule has 1 aromatic carbocycles. The number of phenolic OH excluding ortho intramolecular Hbond substituents is 1. The highest BCUT2D eigenvalue weighted by molar-refractivity contribution is 14.1. The van der Waals surface area contributed by atoms with Crippen LogP contribution in [0.4, 0.5) is 10.1 Å². The van der Waals surface area contributed by atoms with Crippen LogP contribution in [0.1, 0.15) is 18.4 Å². The summed E-state index contributed by atoms with van der Waals surface area (Å²) in [5, 5.41) is 13.3. The van der Waals surface area contributed by atoms with E-state index >= 15 is 0 Å². The Morgan fingerprint density at radius 1 is 1.42 bits per heavy atom. The molecule has 12 heteroatoms. The van der Waals surface area contributed by atoms with Gasteiger partial charge < -0.3 is 10.4 Å². The minimum Gasteiger partial charge on any atom is -0.506 e. The number of piperidine rings is 1. The summed E-state index contributed by atoms with van der Waals surface area (Å²) in [5.74, 6) is -2.28. The van der Waals surface area contributed by atoms with Crippen molar-refractivity contribution in [3.63, 3.8) is 0 Å². The lowest BCUT2D eigenvalue weighted by Crippen LogP contribution is -2.41. The molecule has 0 aliphatic carbocycles. The van der Waals surface area contributed by atoms with E-state index in [-0.39, 0.29) is 12.6 Å². The third-order valence-corrected chi connectivity index (χ3v) is 7.05. The van der Waals surface area contributed by atoms with Crippen molar-refractivity contribution >= 4 is 43.3 Å². The van der Waals surface area contributed by atoms with Gasteiger partial charge >= 0.3 is 10.2 Å². The molecule has 2 aliphatic rings. The number of hydrogen-bond acceptors (Lipinski definition) is 6. The first-order valence-electron chi connectivity index (χ1n) is 7.90. The predicted octanol–water partition coefficient (Wildman–Crippen LogP) is 0.497. The van der Waals surface area contributed by atoms with E-state index in [0.29, 0.717) is 16.4 Å². The molecule has 144 valence electrons. The lowest BCUT2D eigenvalue weighted by Gasteiger charge is -2.28. The van der Waals surface area contributed by atoms with Crippen molar-refractivity contribution in [3.8, 4) is 5.75 Å². The Labute approximate surface area is 160 Å². The maximum absolute atomic E-state index is 14.4. The van der Waals surface area contributed by atoms with E-state index in [0.717, 1.165) is 25.5 Å². The van der Waals surface area contributed by atoms with Gasteiger partial charge in [0.2, 0.25) is 21.5 Å². The number of aromatic hydroxyl groups is 1. The Morgan fingerprint density at radius 3 is 2.81 bits per heavy atom. The van der Waals surface area contributed by atoms with Crippen LogP contribution in [0.25, 0.3) is 0 Å². The SMILES string of the molecule is O=IN1CCC[C@@H](NCc2cc(O)c(N3CC(=O)NS3(=O)=O)c(F)c2)C1. The highest BCUT2D eigenvalue weighted by atomic mass is 127. The maximum atomic E-state index is 14.4. The first-order chi connectivity index (χ1) is 12.3. The van der Waals surface area contributed by atoms with Gasteiger partial charge in [0.25, 0.3) is 5.91 Å². The second-order valence-electron chi connectivity index (χ2n) is 6.14. The molecule has 3 rings (SSSR count). The van der Waals surface area contributed by atoms with Crippen LogP contribution in [0.5, 0.6) is 5.75 Å². The van der Waals surface area contributed by atoms with E-state index in [2.05, 4.69) is 5.32 Å².